The molecule has 0 saturated carbocycles. The number of hydrogen-bond acceptors (Lipinski definition) is 4. The molecular weight excluding hydrogens is 244 g/mol. The average molecular weight is 258 g/mol. The Hall–Kier alpha value is -1.88. The maximum Gasteiger partial charge on any atom is 0.152 e. The topological polar surface area (TPSA) is 42.2 Å². The number of aryl methyl sites for hydroxylation is 2. The van der Waals surface area contributed by atoms with E-state index in [0.717, 1.165) is 23.6 Å². The van der Waals surface area contributed by atoms with Crippen molar-refractivity contribution in [3.8, 4) is 0 Å². The Labute approximate surface area is 109 Å². The maximum atomic E-state index is 4.38. The quantitative estimate of drug-likeness (QED) is 0.785. The molecule has 0 unspecified atom stereocenters. The lowest BCUT2D eigenvalue weighted by Crippen LogP contribution is -2.03. The molecule has 3 aromatic rings. The van der Waals surface area contributed by atoms with Crippen molar-refractivity contribution in [2.75, 3.05) is 5.32 Å². The number of hydrogen-bond donors (Lipinski definition) is 1. The largest absolute Gasteiger partial charge is 0.363 e. The summed E-state index contributed by atoms with van der Waals surface area (Å²) in [5.74, 6) is 0.880. The third kappa shape index (κ3) is 1.97. The highest BCUT2D eigenvalue weighted by atomic mass is 32.1. The first kappa shape index (κ1) is 11.2. The molecule has 0 amide bonds. The van der Waals surface area contributed by atoms with Crippen LogP contribution in [-0.2, 0) is 6.54 Å². The van der Waals surface area contributed by atoms with Gasteiger partial charge in [-0.2, -0.15) is 5.10 Å². The SMILES string of the molecule is Cc1cc2c(NCc3sccc3C)nccn2n1. The van der Waals surface area contributed by atoms with Gasteiger partial charge in [-0.15, -0.1) is 11.3 Å². The fourth-order valence-corrected chi connectivity index (χ4v) is 2.78. The lowest BCUT2D eigenvalue weighted by molar-refractivity contribution is 0.920. The van der Waals surface area contributed by atoms with E-state index >= 15 is 0 Å². The molecule has 0 aliphatic carbocycles. The summed E-state index contributed by atoms with van der Waals surface area (Å²) in [6, 6.07) is 4.18. The zero-order valence-corrected chi connectivity index (χ0v) is 11.2. The van der Waals surface area contributed by atoms with E-state index in [-0.39, 0.29) is 0 Å². The smallest absolute Gasteiger partial charge is 0.152 e. The summed E-state index contributed by atoms with van der Waals surface area (Å²) in [7, 11) is 0. The zero-order chi connectivity index (χ0) is 12.5. The van der Waals surface area contributed by atoms with E-state index in [2.05, 4.69) is 33.8 Å². The Bertz CT molecular complexity index is 683. The van der Waals surface area contributed by atoms with Crippen LogP contribution in [0.4, 0.5) is 5.82 Å². The molecule has 0 saturated heterocycles. The second kappa shape index (κ2) is 4.42. The Morgan fingerprint density at radius 2 is 2.28 bits per heavy atom. The van der Waals surface area contributed by atoms with Crippen LogP contribution in [-0.4, -0.2) is 14.6 Å². The normalized spacial score (nSPS) is 11.0. The van der Waals surface area contributed by atoms with Gasteiger partial charge >= 0.3 is 0 Å². The van der Waals surface area contributed by atoms with E-state index in [1.165, 1.54) is 10.4 Å². The first-order chi connectivity index (χ1) is 8.74. The van der Waals surface area contributed by atoms with Crippen molar-refractivity contribution in [2.24, 2.45) is 0 Å². The van der Waals surface area contributed by atoms with Crippen LogP contribution in [0.25, 0.3) is 5.52 Å². The second-order valence-corrected chi connectivity index (χ2v) is 5.27. The van der Waals surface area contributed by atoms with E-state index < -0.39 is 0 Å². The minimum Gasteiger partial charge on any atom is -0.363 e. The molecule has 0 spiro atoms. The van der Waals surface area contributed by atoms with Crippen molar-refractivity contribution in [3.05, 3.63) is 46.0 Å². The lowest BCUT2D eigenvalue weighted by Gasteiger charge is -2.06. The molecule has 92 valence electrons. The molecule has 4 nitrogen and oxygen atoms in total. The maximum absolute atomic E-state index is 4.38. The Morgan fingerprint density at radius 1 is 1.39 bits per heavy atom. The first-order valence-corrected chi connectivity index (χ1v) is 6.70. The van der Waals surface area contributed by atoms with Crippen molar-refractivity contribution in [1.29, 1.82) is 0 Å². The summed E-state index contributed by atoms with van der Waals surface area (Å²) in [6.45, 7) is 4.92. The fraction of sp³-hybridized carbons (Fsp3) is 0.231. The van der Waals surface area contributed by atoms with Gasteiger partial charge in [0.2, 0.25) is 0 Å². The lowest BCUT2D eigenvalue weighted by atomic mass is 10.3. The Kier molecular flexibility index (Phi) is 2.76. The van der Waals surface area contributed by atoms with Gasteiger partial charge in [0.25, 0.3) is 0 Å². The number of anilines is 1. The summed E-state index contributed by atoms with van der Waals surface area (Å²) in [6.07, 6.45) is 3.63. The highest BCUT2D eigenvalue weighted by Gasteiger charge is 2.06. The van der Waals surface area contributed by atoms with Gasteiger partial charge in [-0.1, -0.05) is 0 Å². The predicted molar refractivity (Wildman–Crippen MR) is 74.1 cm³/mol. The van der Waals surface area contributed by atoms with Crippen LogP contribution in [0.3, 0.4) is 0 Å². The molecule has 0 radical (unpaired) electrons. The second-order valence-electron chi connectivity index (χ2n) is 4.27. The molecule has 3 heterocycles. The summed E-state index contributed by atoms with van der Waals surface area (Å²) < 4.78 is 1.85. The molecular formula is C13H14N4S. The van der Waals surface area contributed by atoms with Crippen molar-refractivity contribution in [3.63, 3.8) is 0 Å². The molecule has 0 atom stereocenters. The number of nitrogens with zero attached hydrogens (tertiary/aromatic N) is 3. The van der Waals surface area contributed by atoms with Crippen molar-refractivity contribution < 1.29 is 0 Å². The molecule has 0 aliphatic heterocycles. The Morgan fingerprint density at radius 3 is 3.06 bits per heavy atom. The van der Waals surface area contributed by atoms with Crippen LogP contribution in [0.2, 0.25) is 0 Å². The molecule has 3 aromatic heterocycles. The van der Waals surface area contributed by atoms with Crippen LogP contribution >= 0.6 is 11.3 Å². The molecule has 1 N–H and O–H groups in total. The first-order valence-electron chi connectivity index (χ1n) is 5.82. The van der Waals surface area contributed by atoms with Crippen LogP contribution in [0.15, 0.2) is 29.9 Å². The molecule has 0 aromatic carbocycles. The average Bonchev–Trinajstić information content (AvgIpc) is 2.91. The van der Waals surface area contributed by atoms with Gasteiger partial charge < -0.3 is 5.32 Å². The van der Waals surface area contributed by atoms with E-state index in [1.54, 1.807) is 17.5 Å². The molecule has 0 bridgehead atoms. The molecule has 3 rings (SSSR count). The van der Waals surface area contributed by atoms with Crippen molar-refractivity contribution in [1.82, 2.24) is 14.6 Å². The van der Waals surface area contributed by atoms with Gasteiger partial charge in [0, 0.05) is 17.3 Å². The van der Waals surface area contributed by atoms with Crippen LogP contribution in [0, 0.1) is 13.8 Å². The summed E-state index contributed by atoms with van der Waals surface area (Å²) >= 11 is 1.77. The van der Waals surface area contributed by atoms with Gasteiger partial charge in [0.15, 0.2) is 5.82 Å². The highest BCUT2D eigenvalue weighted by Crippen LogP contribution is 2.19. The van der Waals surface area contributed by atoms with Gasteiger partial charge in [0.1, 0.15) is 5.52 Å². The molecule has 5 heteroatoms. The van der Waals surface area contributed by atoms with E-state index in [9.17, 15) is 0 Å². The minimum atomic E-state index is 0.806. The molecule has 0 aliphatic rings. The third-order valence-electron chi connectivity index (χ3n) is 2.90. The van der Waals surface area contributed by atoms with Crippen molar-refractivity contribution >= 4 is 22.7 Å². The van der Waals surface area contributed by atoms with E-state index in [4.69, 9.17) is 0 Å². The number of aromatic nitrogens is 3. The monoisotopic (exact) mass is 258 g/mol. The highest BCUT2D eigenvalue weighted by molar-refractivity contribution is 7.10. The number of fused-ring (bicyclic) bond motifs is 1. The number of rotatable bonds is 3. The van der Waals surface area contributed by atoms with Crippen LogP contribution in [0.5, 0.6) is 0 Å². The fourth-order valence-electron chi connectivity index (χ4n) is 1.93. The minimum absolute atomic E-state index is 0.806. The van der Waals surface area contributed by atoms with E-state index in [0.29, 0.717) is 0 Å². The van der Waals surface area contributed by atoms with Gasteiger partial charge in [-0.05, 0) is 36.9 Å². The zero-order valence-electron chi connectivity index (χ0n) is 10.3. The summed E-state index contributed by atoms with van der Waals surface area (Å²) in [5, 5.41) is 9.87. The predicted octanol–water partition coefficient (Wildman–Crippen LogP) is 3.02. The summed E-state index contributed by atoms with van der Waals surface area (Å²) in [5.41, 5.74) is 3.34. The van der Waals surface area contributed by atoms with Gasteiger partial charge in [0.05, 0.1) is 12.2 Å². The van der Waals surface area contributed by atoms with Gasteiger partial charge in [-0.3, -0.25) is 0 Å². The van der Waals surface area contributed by atoms with Gasteiger partial charge in [-0.25, -0.2) is 9.50 Å². The summed E-state index contributed by atoms with van der Waals surface area (Å²) in [4.78, 5) is 5.72. The standard InChI is InChI=1S/C13H14N4S/c1-9-3-6-18-12(9)8-15-13-11-7-10(2)16-17(11)5-4-14-13/h3-7H,8H2,1-2H3,(H,14,15). The Balaban J connectivity index is 1.88. The van der Waals surface area contributed by atoms with Crippen molar-refractivity contribution in [2.45, 2.75) is 20.4 Å². The van der Waals surface area contributed by atoms with E-state index in [1.807, 2.05) is 23.7 Å². The van der Waals surface area contributed by atoms with Crippen LogP contribution in [0.1, 0.15) is 16.1 Å². The molecule has 18 heavy (non-hydrogen) atoms. The number of thiophene rings is 1. The third-order valence-corrected chi connectivity index (χ3v) is 3.92. The van der Waals surface area contributed by atoms with Crippen LogP contribution < -0.4 is 5.32 Å². The number of nitrogens with one attached hydrogen (secondary N) is 1. The molecule has 0 fully saturated rings.